The first-order chi connectivity index (χ1) is 11.1. The molecule has 2 aromatic rings. The molecule has 0 aromatic heterocycles. The van der Waals surface area contributed by atoms with Gasteiger partial charge in [-0.1, -0.05) is 31.6 Å². The quantitative estimate of drug-likeness (QED) is 0.563. The van der Waals surface area contributed by atoms with Gasteiger partial charge in [-0.25, -0.2) is 8.78 Å². The van der Waals surface area contributed by atoms with Crippen molar-refractivity contribution in [3.8, 4) is 0 Å². The van der Waals surface area contributed by atoms with Gasteiger partial charge in [0, 0.05) is 5.39 Å². The van der Waals surface area contributed by atoms with Crippen LogP contribution in [0.4, 0.5) is 8.78 Å². The molecule has 0 aliphatic heterocycles. The van der Waals surface area contributed by atoms with Crippen LogP contribution in [0.3, 0.4) is 0 Å². The lowest BCUT2D eigenvalue weighted by Crippen LogP contribution is -2.13. The second kappa shape index (κ2) is 6.82. The van der Waals surface area contributed by atoms with Crippen LogP contribution in [0.15, 0.2) is 36.9 Å². The Morgan fingerprint density at radius 2 is 1.83 bits per heavy atom. The highest BCUT2D eigenvalue weighted by Crippen LogP contribution is 2.39. The van der Waals surface area contributed by atoms with Gasteiger partial charge in [-0.3, -0.25) is 0 Å². The standard InChI is InChI=1S/C21H24F2/c1-3-5-15-8-11-17-13-19(21(23)20(22)18(17)12-15)16-9-6-14(4-2)7-10-16/h4,8,11-14,16H,2-3,5-7,9-10H2,1H3. The summed E-state index contributed by atoms with van der Waals surface area (Å²) in [6.07, 6.45) is 7.73. The molecule has 0 N–H and O–H groups in total. The van der Waals surface area contributed by atoms with Gasteiger partial charge in [0.25, 0.3) is 0 Å². The van der Waals surface area contributed by atoms with Crippen molar-refractivity contribution in [3.05, 3.63) is 59.7 Å². The third-order valence-electron chi connectivity index (χ3n) is 5.20. The minimum atomic E-state index is -0.679. The lowest BCUT2D eigenvalue weighted by Gasteiger charge is -2.27. The fraction of sp³-hybridized carbons (Fsp3) is 0.429. The van der Waals surface area contributed by atoms with Crippen LogP contribution in [0.1, 0.15) is 56.1 Å². The van der Waals surface area contributed by atoms with Crippen LogP contribution in [-0.2, 0) is 6.42 Å². The monoisotopic (exact) mass is 314 g/mol. The molecule has 2 heteroatoms. The minimum Gasteiger partial charge on any atom is -0.203 e. The average molecular weight is 314 g/mol. The molecule has 0 spiro atoms. The first kappa shape index (κ1) is 16.2. The molecular formula is C21H24F2. The van der Waals surface area contributed by atoms with E-state index in [4.69, 9.17) is 0 Å². The molecule has 122 valence electrons. The van der Waals surface area contributed by atoms with Crippen molar-refractivity contribution in [2.45, 2.75) is 51.4 Å². The van der Waals surface area contributed by atoms with E-state index < -0.39 is 11.6 Å². The largest absolute Gasteiger partial charge is 0.203 e. The number of hydrogen-bond donors (Lipinski definition) is 0. The van der Waals surface area contributed by atoms with E-state index in [1.165, 1.54) is 0 Å². The Morgan fingerprint density at radius 3 is 2.48 bits per heavy atom. The van der Waals surface area contributed by atoms with E-state index in [-0.39, 0.29) is 5.92 Å². The van der Waals surface area contributed by atoms with E-state index in [1.807, 2.05) is 24.3 Å². The lowest BCUT2D eigenvalue weighted by molar-refractivity contribution is 0.365. The Bertz CT molecular complexity index is 709. The summed E-state index contributed by atoms with van der Waals surface area (Å²) < 4.78 is 29.2. The van der Waals surface area contributed by atoms with Crippen molar-refractivity contribution in [3.63, 3.8) is 0 Å². The van der Waals surface area contributed by atoms with Crippen LogP contribution in [-0.4, -0.2) is 0 Å². The normalized spacial score (nSPS) is 21.5. The molecule has 0 atom stereocenters. The van der Waals surface area contributed by atoms with E-state index in [2.05, 4.69) is 13.5 Å². The van der Waals surface area contributed by atoms with Crippen LogP contribution in [0.25, 0.3) is 10.8 Å². The fourth-order valence-electron chi connectivity index (χ4n) is 3.80. The highest BCUT2D eigenvalue weighted by molar-refractivity contribution is 5.85. The van der Waals surface area contributed by atoms with E-state index in [0.717, 1.165) is 49.5 Å². The van der Waals surface area contributed by atoms with Crippen LogP contribution in [0.5, 0.6) is 0 Å². The Labute approximate surface area is 137 Å². The number of aryl methyl sites for hydroxylation is 1. The van der Waals surface area contributed by atoms with Gasteiger partial charge in [-0.15, -0.1) is 6.58 Å². The van der Waals surface area contributed by atoms with Crippen molar-refractivity contribution >= 4 is 10.8 Å². The maximum Gasteiger partial charge on any atom is 0.166 e. The van der Waals surface area contributed by atoms with E-state index in [9.17, 15) is 8.78 Å². The lowest BCUT2D eigenvalue weighted by atomic mass is 9.78. The molecule has 0 nitrogen and oxygen atoms in total. The van der Waals surface area contributed by atoms with Crippen molar-refractivity contribution in [1.29, 1.82) is 0 Å². The molecule has 1 aliphatic carbocycles. The first-order valence-electron chi connectivity index (χ1n) is 8.67. The molecular weight excluding hydrogens is 290 g/mol. The molecule has 3 rings (SSSR count). The van der Waals surface area contributed by atoms with Gasteiger partial charge in [-0.2, -0.15) is 0 Å². The second-order valence-electron chi connectivity index (χ2n) is 6.75. The summed E-state index contributed by atoms with van der Waals surface area (Å²) in [7, 11) is 0. The zero-order chi connectivity index (χ0) is 16.4. The third kappa shape index (κ3) is 3.17. The molecule has 1 fully saturated rings. The summed E-state index contributed by atoms with van der Waals surface area (Å²) in [5, 5.41) is 1.22. The number of allylic oxidation sites excluding steroid dienone is 1. The Balaban J connectivity index is 1.97. The van der Waals surface area contributed by atoms with E-state index >= 15 is 0 Å². The Kier molecular flexibility index (Phi) is 4.79. The summed E-state index contributed by atoms with van der Waals surface area (Å²) in [6, 6.07) is 7.63. The molecule has 1 saturated carbocycles. The van der Waals surface area contributed by atoms with Gasteiger partial charge in [0.1, 0.15) is 0 Å². The predicted molar refractivity (Wildman–Crippen MR) is 92.8 cm³/mol. The van der Waals surface area contributed by atoms with E-state index in [1.54, 1.807) is 6.07 Å². The maximum atomic E-state index is 14.6. The molecule has 23 heavy (non-hydrogen) atoms. The number of halogens is 2. The molecule has 0 saturated heterocycles. The summed E-state index contributed by atoms with van der Waals surface area (Å²) in [5.41, 5.74) is 1.62. The number of benzene rings is 2. The van der Waals surface area contributed by atoms with Crippen molar-refractivity contribution in [2.75, 3.05) is 0 Å². The van der Waals surface area contributed by atoms with Gasteiger partial charge >= 0.3 is 0 Å². The molecule has 2 aromatic carbocycles. The highest BCUT2D eigenvalue weighted by atomic mass is 19.2. The summed E-state index contributed by atoms with van der Waals surface area (Å²) in [4.78, 5) is 0. The van der Waals surface area contributed by atoms with Gasteiger partial charge in [-0.05, 0) is 72.6 Å². The van der Waals surface area contributed by atoms with Crippen molar-refractivity contribution < 1.29 is 8.78 Å². The molecule has 1 aliphatic rings. The summed E-state index contributed by atoms with van der Waals surface area (Å²) in [6.45, 7) is 5.93. The highest BCUT2D eigenvalue weighted by Gasteiger charge is 2.25. The number of hydrogen-bond acceptors (Lipinski definition) is 0. The van der Waals surface area contributed by atoms with Crippen LogP contribution < -0.4 is 0 Å². The van der Waals surface area contributed by atoms with Crippen molar-refractivity contribution in [1.82, 2.24) is 0 Å². The molecule has 0 amide bonds. The molecule has 0 unspecified atom stereocenters. The van der Waals surface area contributed by atoms with Crippen LogP contribution >= 0.6 is 0 Å². The average Bonchev–Trinajstić information content (AvgIpc) is 2.59. The zero-order valence-corrected chi connectivity index (χ0v) is 13.7. The predicted octanol–water partition coefficient (Wildman–Crippen LogP) is 6.53. The van der Waals surface area contributed by atoms with Gasteiger partial charge in [0.05, 0.1) is 0 Å². The molecule has 0 bridgehead atoms. The smallest absolute Gasteiger partial charge is 0.166 e. The van der Waals surface area contributed by atoms with E-state index in [0.29, 0.717) is 16.9 Å². The first-order valence-corrected chi connectivity index (χ1v) is 8.67. The van der Waals surface area contributed by atoms with Crippen LogP contribution in [0, 0.1) is 17.6 Å². The summed E-state index contributed by atoms with van der Waals surface area (Å²) in [5.74, 6) is -0.675. The SMILES string of the molecule is C=CC1CCC(c2cc3ccc(CCC)cc3c(F)c2F)CC1. The topological polar surface area (TPSA) is 0 Å². The van der Waals surface area contributed by atoms with Gasteiger partial charge < -0.3 is 0 Å². The van der Waals surface area contributed by atoms with Crippen LogP contribution in [0.2, 0.25) is 0 Å². The van der Waals surface area contributed by atoms with Gasteiger partial charge in [0.15, 0.2) is 11.6 Å². The third-order valence-corrected chi connectivity index (χ3v) is 5.20. The second-order valence-corrected chi connectivity index (χ2v) is 6.75. The zero-order valence-electron chi connectivity index (χ0n) is 13.7. The Hall–Kier alpha value is -1.70. The Morgan fingerprint density at radius 1 is 1.09 bits per heavy atom. The maximum absolute atomic E-state index is 14.6. The molecule has 0 heterocycles. The minimum absolute atomic E-state index is 0.125. The van der Waals surface area contributed by atoms with Gasteiger partial charge in [0.2, 0.25) is 0 Å². The summed E-state index contributed by atoms with van der Waals surface area (Å²) >= 11 is 0. The fourth-order valence-corrected chi connectivity index (χ4v) is 3.80. The molecule has 0 radical (unpaired) electrons. The van der Waals surface area contributed by atoms with Crippen molar-refractivity contribution in [2.24, 2.45) is 5.92 Å². The number of fused-ring (bicyclic) bond motifs is 1. The number of rotatable bonds is 4.